The van der Waals surface area contributed by atoms with E-state index in [1.807, 2.05) is 0 Å². The molecule has 2 aromatic rings. The smallest absolute Gasteiger partial charge is 0.341 e. The van der Waals surface area contributed by atoms with Gasteiger partial charge in [-0.25, -0.2) is 9.18 Å². The molecule has 0 fully saturated rings. The van der Waals surface area contributed by atoms with Crippen molar-refractivity contribution >= 4 is 17.8 Å². The Morgan fingerprint density at radius 1 is 1.26 bits per heavy atom. The number of fused-ring (bicyclic) bond motifs is 1. The van der Waals surface area contributed by atoms with E-state index in [1.54, 1.807) is 24.3 Å². The van der Waals surface area contributed by atoms with E-state index in [2.05, 4.69) is 0 Å². The van der Waals surface area contributed by atoms with Gasteiger partial charge in [0, 0.05) is 12.0 Å². The number of ketones is 1. The van der Waals surface area contributed by atoms with Crippen LogP contribution < -0.4 is 14.2 Å². The number of aliphatic carboxylic acids is 1. The first-order valence-corrected chi connectivity index (χ1v) is 8.18. The third kappa shape index (κ3) is 4.25. The van der Waals surface area contributed by atoms with Crippen LogP contribution in [0.2, 0.25) is 0 Å². The van der Waals surface area contributed by atoms with Crippen LogP contribution in [0.4, 0.5) is 4.39 Å². The number of hydrogen-bond acceptors (Lipinski definition) is 5. The maximum Gasteiger partial charge on any atom is 0.341 e. The molecule has 0 saturated heterocycles. The highest BCUT2D eigenvalue weighted by Crippen LogP contribution is 2.31. The number of ether oxygens (including phenoxy) is 3. The summed E-state index contributed by atoms with van der Waals surface area (Å²) in [7, 11) is 1.43. The van der Waals surface area contributed by atoms with E-state index in [0.29, 0.717) is 35.7 Å². The zero-order valence-electron chi connectivity index (χ0n) is 14.5. The number of benzene rings is 2. The summed E-state index contributed by atoms with van der Waals surface area (Å²) in [6.07, 6.45) is 2.05. The van der Waals surface area contributed by atoms with Crippen LogP contribution >= 0.6 is 0 Å². The Hall–Kier alpha value is -3.35. The lowest BCUT2D eigenvalue weighted by atomic mass is 9.99. The van der Waals surface area contributed by atoms with Crippen LogP contribution in [0.1, 0.15) is 22.3 Å². The second kappa shape index (κ2) is 7.90. The summed E-state index contributed by atoms with van der Waals surface area (Å²) in [5.74, 6) is -0.918. The first kappa shape index (κ1) is 18.4. The van der Waals surface area contributed by atoms with Gasteiger partial charge in [0.05, 0.1) is 19.3 Å². The molecule has 6 nitrogen and oxygen atoms in total. The second-order valence-corrected chi connectivity index (χ2v) is 5.83. The summed E-state index contributed by atoms with van der Waals surface area (Å²) in [5, 5.41) is 8.71. The van der Waals surface area contributed by atoms with Crippen molar-refractivity contribution in [3.05, 3.63) is 58.9 Å². The predicted octanol–water partition coefficient (Wildman–Crippen LogP) is 3.35. The fourth-order valence-electron chi connectivity index (χ4n) is 2.73. The Balaban J connectivity index is 1.91. The quantitative estimate of drug-likeness (QED) is 0.811. The lowest BCUT2D eigenvalue weighted by molar-refractivity contribution is -0.139. The first-order chi connectivity index (χ1) is 13.0. The van der Waals surface area contributed by atoms with Crippen molar-refractivity contribution in [3.8, 4) is 17.2 Å². The van der Waals surface area contributed by atoms with E-state index in [-0.39, 0.29) is 17.1 Å². The molecule has 0 amide bonds. The molecular formula is C20H17FO6. The molecule has 0 atom stereocenters. The van der Waals surface area contributed by atoms with Gasteiger partial charge in [-0.1, -0.05) is 6.07 Å². The average Bonchev–Trinajstić information content (AvgIpc) is 2.80. The van der Waals surface area contributed by atoms with Crippen molar-refractivity contribution < 1.29 is 33.3 Å². The lowest BCUT2D eigenvalue weighted by Crippen LogP contribution is -2.10. The van der Waals surface area contributed by atoms with Crippen LogP contribution in [0.15, 0.2) is 42.0 Å². The van der Waals surface area contributed by atoms with Gasteiger partial charge in [-0.05, 0) is 42.0 Å². The number of carboxylic acid groups (broad SMARTS) is 1. The van der Waals surface area contributed by atoms with Crippen LogP contribution in [0.5, 0.6) is 17.2 Å². The van der Waals surface area contributed by atoms with Crippen molar-refractivity contribution in [3.63, 3.8) is 0 Å². The van der Waals surface area contributed by atoms with Crippen molar-refractivity contribution in [2.45, 2.75) is 6.42 Å². The molecule has 1 N–H and O–H groups in total. The van der Waals surface area contributed by atoms with Gasteiger partial charge in [-0.3, -0.25) is 4.79 Å². The molecule has 3 rings (SSSR count). The summed E-state index contributed by atoms with van der Waals surface area (Å²) < 4.78 is 29.4. The predicted molar refractivity (Wildman–Crippen MR) is 94.9 cm³/mol. The summed E-state index contributed by atoms with van der Waals surface area (Å²) in [4.78, 5) is 23.4. The monoisotopic (exact) mass is 372 g/mol. The summed E-state index contributed by atoms with van der Waals surface area (Å²) >= 11 is 0. The van der Waals surface area contributed by atoms with Gasteiger partial charge < -0.3 is 19.3 Å². The molecule has 140 valence electrons. The molecule has 27 heavy (non-hydrogen) atoms. The van der Waals surface area contributed by atoms with Crippen LogP contribution in [0.25, 0.3) is 6.08 Å². The fraction of sp³-hybridized carbons (Fsp3) is 0.200. The fourth-order valence-corrected chi connectivity index (χ4v) is 2.73. The Labute approximate surface area is 154 Å². The van der Waals surface area contributed by atoms with Crippen LogP contribution in [0, 0.1) is 5.82 Å². The summed E-state index contributed by atoms with van der Waals surface area (Å²) in [6.45, 7) is -0.192. The minimum Gasteiger partial charge on any atom is -0.493 e. The van der Waals surface area contributed by atoms with Gasteiger partial charge in [0.2, 0.25) is 0 Å². The number of hydrogen-bond donors (Lipinski definition) is 1. The number of Topliss-reactive ketones (excluding diaryl/α,β-unsaturated/α-hetero) is 1. The summed E-state index contributed by atoms with van der Waals surface area (Å²) in [5.41, 5.74) is 1.32. The highest BCUT2D eigenvalue weighted by atomic mass is 19.1. The molecule has 0 aliphatic carbocycles. The van der Waals surface area contributed by atoms with Gasteiger partial charge in [-0.2, -0.15) is 0 Å². The molecule has 0 saturated carbocycles. The molecule has 0 spiro atoms. The van der Waals surface area contributed by atoms with E-state index in [9.17, 15) is 14.0 Å². The summed E-state index contributed by atoms with van der Waals surface area (Å²) in [6, 6.07) is 8.75. The standard InChI is InChI=1S/C20H17FO6/c1-25-18-9-12(2-4-17(18)27-11-19(22)23)8-13-6-7-26-16-5-3-14(21)10-15(16)20(13)24/h2-5,8-10H,6-7,11H2,1H3,(H,22,23)/b13-8+. The first-order valence-electron chi connectivity index (χ1n) is 8.18. The van der Waals surface area contributed by atoms with E-state index in [4.69, 9.17) is 19.3 Å². The zero-order valence-corrected chi connectivity index (χ0v) is 14.5. The van der Waals surface area contributed by atoms with E-state index in [1.165, 1.54) is 25.3 Å². The molecule has 1 aliphatic heterocycles. The van der Waals surface area contributed by atoms with Crippen molar-refractivity contribution in [1.82, 2.24) is 0 Å². The lowest BCUT2D eigenvalue weighted by Gasteiger charge is -2.10. The molecule has 7 heteroatoms. The molecule has 0 unspecified atom stereocenters. The number of rotatable bonds is 5. The zero-order chi connectivity index (χ0) is 19.4. The van der Waals surface area contributed by atoms with Crippen molar-refractivity contribution in [1.29, 1.82) is 0 Å². The third-order valence-corrected chi connectivity index (χ3v) is 3.99. The molecule has 0 aromatic heterocycles. The largest absolute Gasteiger partial charge is 0.493 e. The van der Waals surface area contributed by atoms with Crippen LogP contribution in [-0.2, 0) is 4.79 Å². The average molecular weight is 372 g/mol. The number of halogens is 1. The van der Waals surface area contributed by atoms with Gasteiger partial charge in [0.1, 0.15) is 11.6 Å². The molecule has 1 heterocycles. The van der Waals surface area contributed by atoms with Gasteiger partial charge in [0.25, 0.3) is 0 Å². The van der Waals surface area contributed by atoms with Crippen molar-refractivity contribution in [2.24, 2.45) is 0 Å². The Morgan fingerprint density at radius 3 is 2.81 bits per heavy atom. The van der Waals surface area contributed by atoms with E-state index in [0.717, 1.165) is 0 Å². The second-order valence-electron chi connectivity index (χ2n) is 5.83. The van der Waals surface area contributed by atoms with Crippen LogP contribution in [0.3, 0.4) is 0 Å². The molecule has 2 aromatic carbocycles. The molecule has 0 radical (unpaired) electrons. The maximum absolute atomic E-state index is 13.5. The minimum absolute atomic E-state index is 0.187. The topological polar surface area (TPSA) is 82.1 Å². The number of methoxy groups -OCH3 is 1. The highest BCUT2D eigenvalue weighted by molar-refractivity contribution is 6.13. The Morgan fingerprint density at radius 2 is 2.07 bits per heavy atom. The molecule has 0 bridgehead atoms. The van der Waals surface area contributed by atoms with Gasteiger partial charge >= 0.3 is 5.97 Å². The number of carbonyl (C=O) groups excluding carboxylic acids is 1. The highest BCUT2D eigenvalue weighted by Gasteiger charge is 2.22. The molecular weight excluding hydrogens is 355 g/mol. The minimum atomic E-state index is -1.10. The normalized spacial score (nSPS) is 14.9. The van der Waals surface area contributed by atoms with Crippen molar-refractivity contribution in [2.75, 3.05) is 20.3 Å². The SMILES string of the molecule is COc1cc(/C=C2\CCOc3ccc(F)cc3C2=O)ccc1OCC(=O)O. The van der Waals surface area contributed by atoms with Gasteiger partial charge in [0.15, 0.2) is 23.9 Å². The van der Waals surface area contributed by atoms with Crippen LogP contribution in [-0.4, -0.2) is 37.2 Å². The molecule has 1 aliphatic rings. The van der Waals surface area contributed by atoms with Gasteiger partial charge in [-0.15, -0.1) is 0 Å². The maximum atomic E-state index is 13.5. The van der Waals surface area contributed by atoms with E-state index >= 15 is 0 Å². The Bertz CT molecular complexity index is 919. The Kier molecular flexibility index (Phi) is 5.40. The number of carboxylic acids is 1. The van der Waals surface area contributed by atoms with E-state index < -0.39 is 18.4 Å². The third-order valence-electron chi connectivity index (χ3n) is 3.99. The number of carbonyl (C=O) groups is 2.